The van der Waals surface area contributed by atoms with Gasteiger partial charge in [0, 0.05) is 17.1 Å². The molecule has 0 fully saturated rings. The van der Waals surface area contributed by atoms with Gasteiger partial charge in [0.2, 0.25) is 0 Å². The zero-order valence-corrected chi connectivity index (χ0v) is 6.81. The maximum Gasteiger partial charge on any atom is 0.263 e. The van der Waals surface area contributed by atoms with Crippen molar-refractivity contribution in [2.24, 2.45) is 0 Å². The van der Waals surface area contributed by atoms with E-state index < -0.39 is 6.43 Å². The summed E-state index contributed by atoms with van der Waals surface area (Å²) in [6.07, 6.45) is -0.791. The van der Waals surface area contributed by atoms with Crippen LogP contribution in [-0.4, -0.2) is 4.37 Å². The van der Waals surface area contributed by atoms with E-state index in [1.807, 2.05) is 0 Å². The first-order valence-corrected chi connectivity index (χ1v) is 4.17. The van der Waals surface area contributed by atoms with Crippen LogP contribution < -0.4 is 0 Å². The molecule has 0 aliphatic heterocycles. The first kappa shape index (κ1) is 7.61. The van der Waals surface area contributed by atoms with E-state index in [9.17, 15) is 8.78 Å². The maximum atomic E-state index is 12.2. The third kappa shape index (κ3) is 1.18. The minimum atomic E-state index is -2.39. The Hall–Kier alpha value is -1.03. The Bertz CT molecular complexity index is 397. The fourth-order valence-corrected chi connectivity index (χ4v) is 1.65. The molecular formula is C8H5F2NS. The lowest BCUT2D eigenvalue weighted by molar-refractivity contribution is 0.151. The van der Waals surface area contributed by atoms with Crippen molar-refractivity contribution < 1.29 is 8.78 Å². The van der Waals surface area contributed by atoms with Crippen molar-refractivity contribution in [3.63, 3.8) is 0 Å². The van der Waals surface area contributed by atoms with Gasteiger partial charge >= 0.3 is 0 Å². The normalized spacial score (nSPS) is 11.2. The van der Waals surface area contributed by atoms with E-state index in [2.05, 4.69) is 4.37 Å². The molecule has 0 aliphatic rings. The number of hydrogen-bond acceptors (Lipinski definition) is 2. The zero-order chi connectivity index (χ0) is 8.55. The van der Waals surface area contributed by atoms with Crippen LogP contribution in [0.25, 0.3) is 10.1 Å². The summed E-state index contributed by atoms with van der Waals surface area (Å²) in [5.41, 5.74) is 0.0581. The third-order valence-electron chi connectivity index (χ3n) is 1.63. The number of hydrogen-bond donors (Lipinski definition) is 0. The van der Waals surface area contributed by atoms with Crippen molar-refractivity contribution in [1.82, 2.24) is 4.37 Å². The summed E-state index contributed by atoms with van der Waals surface area (Å²) >= 11 is 1.31. The maximum absolute atomic E-state index is 12.2. The average molecular weight is 185 g/mol. The van der Waals surface area contributed by atoms with Crippen LogP contribution >= 0.6 is 11.5 Å². The Morgan fingerprint density at radius 3 is 2.92 bits per heavy atom. The number of alkyl halides is 2. The Kier molecular flexibility index (Phi) is 1.77. The molecule has 0 spiro atoms. The molecule has 0 saturated carbocycles. The van der Waals surface area contributed by atoms with Crippen molar-refractivity contribution in [3.05, 3.63) is 30.0 Å². The molecule has 0 bridgehead atoms. The molecule has 1 aromatic carbocycles. The van der Waals surface area contributed by atoms with Crippen LogP contribution in [0.5, 0.6) is 0 Å². The molecule has 0 unspecified atom stereocenters. The monoisotopic (exact) mass is 185 g/mol. The van der Waals surface area contributed by atoms with Crippen molar-refractivity contribution >= 4 is 21.6 Å². The summed E-state index contributed by atoms with van der Waals surface area (Å²) in [7, 11) is 0. The van der Waals surface area contributed by atoms with Crippen molar-refractivity contribution in [2.75, 3.05) is 0 Å². The van der Waals surface area contributed by atoms with E-state index in [1.54, 1.807) is 12.3 Å². The van der Waals surface area contributed by atoms with Crippen LogP contribution in [0.4, 0.5) is 8.78 Å². The fraction of sp³-hybridized carbons (Fsp3) is 0.125. The second-order valence-corrected chi connectivity index (χ2v) is 3.26. The highest BCUT2D eigenvalue weighted by Gasteiger charge is 2.07. The van der Waals surface area contributed by atoms with Crippen LogP contribution in [0.2, 0.25) is 0 Å². The molecule has 0 N–H and O–H groups in total. The van der Waals surface area contributed by atoms with E-state index in [0.29, 0.717) is 0 Å². The van der Waals surface area contributed by atoms with Crippen molar-refractivity contribution in [3.8, 4) is 0 Å². The number of aromatic nitrogens is 1. The fourth-order valence-electron chi connectivity index (χ4n) is 1.03. The van der Waals surface area contributed by atoms with Gasteiger partial charge in [0.25, 0.3) is 6.43 Å². The average Bonchev–Trinajstić information content (AvgIpc) is 2.49. The molecule has 62 valence electrons. The van der Waals surface area contributed by atoms with Gasteiger partial charge in [-0.1, -0.05) is 6.07 Å². The number of halogens is 2. The lowest BCUT2D eigenvalue weighted by Crippen LogP contribution is -1.81. The van der Waals surface area contributed by atoms with E-state index >= 15 is 0 Å². The highest BCUT2D eigenvalue weighted by Crippen LogP contribution is 2.25. The molecule has 0 radical (unpaired) electrons. The molecule has 1 heterocycles. The first-order chi connectivity index (χ1) is 5.77. The zero-order valence-electron chi connectivity index (χ0n) is 6.00. The molecule has 0 aliphatic carbocycles. The van der Waals surface area contributed by atoms with Gasteiger partial charge in [-0.25, -0.2) is 8.78 Å². The molecule has 0 atom stereocenters. The standard InChI is InChI=1S/C8H5F2NS/c9-8(10)5-1-2-7-6(3-5)4-11-12-7/h1-4,8H. The summed E-state index contributed by atoms with van der Waals surface area (Å²) in [6, 6.07) is 4.59. The predicted molar refractivity (Wildman–Crippen MR) is 44.6 cm³/mol. The van der Waals surface area contributed by atoms with E-state index in [1.165, 1.54) is 23.7 Å². The lowest BCUT2D eigenvalue weighted by Gasteiger charge is -1.97. The number of benzene rings is 1. The first-order valence-electron chi connectivity index (χ1n) is 3.40. The third-order valence-corrected chi connectivity index (χ3v) is 2.41. The van der Waals surface area contributed by atoms with Crippen LogP contribution in [0, 0.1) is 0 Å². The number of rotatable bonds is 1. The molecule has 2 rings (SSSR count). The van der Waals surface area contributed by atoms with Gasteiger partial charge < -0.3 is 0 Å². The Morgan fingerprint density at radius 1 is 1.33 bits per heavy atom. The minimum Gasteiger partial charge on any atom is -0.205 e. The number of fused-ring (bicyclic) bond motifs is 1. The quantitative estimate of drug-likeness (QED) is 0.664. The summed E-state index contributed by atoms with van der Waals surface area (Å²) < 4.78 is 29.2. The summed E-state index contributed by atoms with van der Waals surface area (Å²) in [4.78, 5) is 0. The van der Waals surface area contributed by atoms with E-state index in [-0.39, 0.29) is 5.56 Å². The predicted octanol–water partition coefficient (Wildman–Crippen LogP) is 3.23. The van der Waals surface area contributed by atoms with Gasteiger partial charge in [-0.3, -0.25) is 0 Å². The Labute approximate surface area is 71.8 Å². The van der Waals surface area contributed by atoms with Crippen LogP contribution in [-0.2, 0) is 0 Å². The topological polar surface area (TPSA) is 12.9 Å². The Balaban J connectivity index is 2.60. The van der Waals surface area contributed by atoms with Crippen molar-refractivity contribution in [2.45, 2.75) is 6.43 Å². The molecule has 1 nitrogen and oxygen atoms in total. The molecule has 2 aromatic rings. The second-order valence-electron chi connectivity index (χ2n) is 2.42. The van der Waals surface area contributed by atoms with E-state index in [4.69, 9.17) is 0 Å². The summed E-state index contributed by atoms with van der Waals surface area (Å²) in [6.45, 7) is 0. The lowest BCUT2D eigenvalue weighted by atomic mass is 10.2. The van der Waals surface area contributed by atoms with Gasteiger partial charge in [-0.05, 0) is 23.7 Å². The molecular weight excluding hydrogens is 180 g/mol. The molecule has 4 heteroatoms. The summed E-state index contributed by atoms with van der Waals surface area (Å²) in [5.74, 6) is 0. The van der Waals surface area contributed by atoms with Gasteiger partial charge in [-0.15, -0.1) is 0 Å². The van der Waals surface area contributed by atoms with Crippen LogP contribution in [0.1, 0.15) is 12.0 Å². The summed E-state index contributed by atoms with van der Waals surface area (Å²) in [5, 5.41) is 0.790. The SMILES string of the molecule is FC(F)c1ccc2sncc2c1. The highest BCUT2D eigenvalue weighted by atomic mass is 32.1. The largest absolute Gasteiger partial charge is 0.263 e. The van der Waals surface area contributed by atoms with Crippen LogP contribution in [0.15, 0.2) is 24.4 Å². The van der Waals surface area contributed by atoms with Gasteiger partial charge in [0.05, 0.1) is 4.70 Å². The Morgan fingerprint density at radius 2 is 2.17 bits per heavy atom. The van der Waals surface area contributed by atoms with Gasteiger partial charge in [-0.2, -0.15) is 4.37 Å². The van der Waals surface area contributed by atoms with Gasteiger partial charge in [0.1, 0.15) is 0 Å². The molecule has 1 aromatic heterocycles. The molecule has 0 saturated heterocycles. The van der Waals surface area contributed by atoms with Gasteiger partial charge in [0.15, 0.2) is 0 Å². The molecule has 0 amide bonds. The smallest absolute Gasteiger partial charge is 0.205 e. The minimum absolute atomic E-state index is 0.0581. The van der Waals surface area contributed by atoms with Crippen molar-refractivity contribution in [1.29, 1.82) is 0 Å². The number of nitrogens with zero attached hydrogens (tertiary/aromatic N) is 1. The molecule has 12 heavy (non-hydrogen) atoms. The highest BCUT2D eigenvalue weighted by molar-refractivity contribution is 7.13. The second kappa shape index (κ2) is 2.79. The van der Waals surface area contributed by atoms with Crippen LogP contribution in [0.3, 0.4) is 0 Å². The van der Waals surface area contributed by atoms with E-state index in [0.717, 1.165) is 10.1 Å².